The van der Waals surface area contributed by atoms with E-state index in [2.05, 4.69) is 0 Å². The molecule has 0 aromatic heterocycles. The van der Waals surface area contributed by atoms with Gasteiger partial charge in [-0.2, -0.15) is 0 Å². The molecular formula is C12H22N2O4. The highest BCUT2D eigenvalue weighted by molar-refractivity contribution is 5.72. The fourth-order valence-corrected chi connectivity index (χ4v) is 1.85. The van der Waals surface area contributed by atoms with Crippen LogP contribution in [-0.2, 0) is 14.3 Å². The molecule has 0 atom stereocenters. The van der Waals surface area contributed by atoms with Gasteiger partial charge in [-0.15, -0.1) is 0 Å². The second-order valence-electron chi connectivity index (χ2n) is 5.53. The first-order valence-electron chi connectivity index (χ1n) is 6.14. The zero-order chi connectivity index (χ0) is 13.8. The number of nitrogens with zero attached hydrogens (tertiary/aromatic N) is 2. The Labute approximate surface area is 107 Å². The lowest BCUT2D eigenvalue weighted by Crippen LogP contribution is -2.49. The molecule has 18 heavy (non-hydrogen) atoms. The van der Waals surface area contributed by atoms with Crippen LogP contribution < -0.4 is 0 Å². The summed E-state index contributed by atoms with van der Waals surface area (Å²) in [5, 5.41) is 8.68. The van der Waals surface area contributed by atoms with E-state index in [0.29, 0.717) is 26.2 Å². The lowest BCUT2D eigenvalue weighted by Gasteiger charge is -2.33. The molecule has 1 saturated heterocycles. The first-order valence-corrected chi connectivity index (χ1v) is 6.14. The summed E-state index contributed by atoms with van der Waals surface area (Å²) in [5.41, 5.74) is -0.456. The summed E-state index contributed by atoms with van der Waals surface area (Å²) in [5.74, 6) is -1.04. The van der Waals surface area contributed by atoms with Gasteiger partial charge in [-0.25, -0.2) is 0 Å². The lowest BCUT2D eigenvalue weighted by molar-refractivity contribution is -0.156. The Morgan fingerprint density at radius 3 is 1.89 bits per heavy atom. The van der Waals surface area contributed by atoms with Crippen molar-refractivity contribution in [1.82, 2.24) is 9.80 Å². The van der Waals surface area contributed by atoms with E-state index in [0.717, 1.165) is 0 Å². The van der Waals surface area contributed by atoms with Gasteiger partial charge < -0.3 is 9.84 Å². The minimum Gasteiger partial charge on any atom is -0.480 e. The molecule has 1 rings (SSSR count). The van der Waals surface area contributed by atoms with Crippen molar-refractivity contribution in [2.24, 2.45) is 0 Å². The topological polar surface area (TPSA) is 70.1 Å². The van der Waals surface area contributed by atoms with Gasteiger partial charge >= 0.3 is 11.9 Å². The number of carbonyl (C=O) groups is 2. The SMILES string of the molecule is CC(C)(C)OC(=O)CN1CCN(CC(=O)O)CC1. The fraction of sp³-hybridized carbons (Fsp3) is 0.833. The number of carboxylic acids is 1. The summed E-state index contributed by atoms with van der Waals surface area (Å²) in [6.45, 7) is 8.63. The quantitative estimate of drug-likeness (QED) is 0.717. The minimum atomic E-state index is -0.810. The van der Waals surface area contributed by atoms with Crippen molar-refractivity contribution >= 4 is 11.9 Å². The van der Waals surface area contributed by atoms with Gasteiger partial charge in [0, 0.05) is 26.2 Å². The highest BCUT2D eigenvalue weighted by atomic mass is 16.6. The Morgan fingerprint density at radius 1 is 1.06 bits per heavy atom. The Hall–Kier alpha value is -1.14. The van der Waals surface area contributed by atoms with Gasteiger partial charge in [0.25, 0.3) is 0 Å². The molecule has 0 spiro atoms. The maximum absolute atomic E-state index is 11.6. The molecule has 6 nitrogen and oxygen atoms in total. The molecule has 0 saturated carbocycles. The number of hydrogen-bond acceptors (Lipinski definition) is 5. The molecule has 1 aliphatic rings. The monoisotopic (exact) mass is 258 g/mol. The van der Waals surface area contributed by atoms with E-state index < -0.39 is 11.6 Å². The summed E-state index contributed by atoms with van der Waals surface area (Å²) in [6, 6.07) is 0. The van der Waals surface area contributed by atoms with Crippen molar-refractivity contribution < 1.29 is 19.4 Å². The molecule has 0 bridgehead atoms. The van der Waals surface area contributed by atoms with Crippen molar-refractivity contribution in [2.45, 2.75) is 26.4 Å². The van der Waals surface area contributed by atoms with Crippen LogP contribution in [0, 0.1) is 0 Å². The second-order valence-corrected chi connectivity index (χ2v) is 5.53. The van der Waals surface area contributed by atoms with E-state index in [9.17, 15) is 9.59 Å². The number of piperazine rings is 1. The Morgan fingerprint density at radius 2 is 1.50 bits per heavy atom. The fourth-order valence-electron chi connectivity index (χ4n) is 1.85. The highest BCUT2D eigenvalue weighted by Crippen LogP contribution is 2.08. The van der Waals surface area contributed by atoms with Crippen LogP contribution in [0.1, 0.15) is 20.8 Å². The van der Waals surface area contributed by atoms with Crippen LogP contribution in [0.3, 0.4) is 0 Å². The van der Waals surface area contributed by atoms with Crippen LogP contribution in [0.5, 0.6) is 0 Å². The van der Waals surface area contributed by atoms with Crippen molar-refractivity contribution in [3.63, 3.8) is 0 Å². The Kier molecular flexibility index (Phi) is 5.10. The highest BCUT2D eigenvalue weighted by Gasteiger charge is 2.23. The number of ether oxygens (including phenoxy) is 1. The average molecular weight is 258 g/mol. The van der Waals surface area contributed by atoms with Crippen LogP contribution in [0.2, 0.25) is 0 Å². The normalized spacial score (nSPS) is 18.6. The number of carbonyl (C=O) groups excluding carboxylic acids is 1. The molecule has 1 heterocycles. The zero-order valence-electron chi connectivity index (χ0n) is 11.3. The van der Waals surface area contributed by atoms with Gasteiger partial charge in [-0.05, 0) is 20.8 Å². The van der Waals surface area contributed by atoms with Gasteiger partial charge in [0.2, 0.25) is 0 Å². The van der Waals surface area contributed by atoms with Crippen LogP contribution in [0.4, 0.5) is 0 Å². The molecule has 0 unspecified atom stereocenters. The number of esters is 1. The number of rotatable bonds is 4. The summed E-state index contributed by atoms with van der Waals surface area (Å²) in [4.78, 5) is 26.0. The first kappa shape index (κ1) is 14.9. The van der Waals surface area contributed by atoms with Gasteiger partial charge in [0.15, 0.2) is 0 Å². The predicted molar refractivity (Wildman–Crippen MR) is 66.4 cm³/mol. The number of hydrogen-bond donors (Lipinski definition) is 1. The molecule has 0 radical (unpaired) electrons. The average Bonchev–Trinajstić information content (AvgIpc) is 2.17. The summed E-state index contributed by atoms with van der Waals surface area (Å²) in [6.07, 6.45) is 0. The van der Waals surface area contributed by atoms with Crippen LogP contribution in [0.25, 0.3) is 0 Å². The predicted octanol–water partition coefficient (Wildman–Crippen LogP) is 0.0303. The zero-order valence-corrected chi connectivity index (χ0v) is 11.3. The van der Waals surface area contributed by atoms with E-state index in [-0.39, 0.29) is 19.1 Å². The van der Waals surface area contributed by atoms with Crippen LogP contribution in [-0.4, -0.2) is 71.7 Å². The maximum Gasteiger partial charge on any atom is 0.320 e. The molecule has 1 aliphatic heterocycles. The molecule has 0 aliphatic carbocycles. The second kappa shape index (κ2) is 6.15. The van der Waals surface area contributed by atoms with Crippen LogP contribution >= 0.6 is 0 Å². The smallest absolute Gasteiger partial charge is 0.320 e. The van der Waals surface area contributed by atoms with E-state index in [1.54, 1.807) is 0 Å². The minimum absolute atomic E-state index is 0.0697. The summed E-state index contributed by atoms with van der Waals surface area (Å²) < 4.78 is 5.24. The van der Waals surface area contributed by atoms with Crippen molar-refractivity contribution in [2.75, 3.05) is 39.3 Å². The third kappa shape index (κ3) is 5.97. The van der Waals surface area contributed by atoms with E-state index >= 15 is 0 Å². The van der Waals surface area contributed by atoms with E-state index in [1.165, 1.54) is 0 Å². The molecule has 1 N–H and O–H groups in total. The van der Waals surface area contributed by atoms with Gasteiger partial charge in [-0.1, -0.05) is 0 Å². The Balaban J connectivity index is 2.27. The molecule has 0 aromatic rings. The van der Waals surface area contributed by atoms with E-state index in [1.807, 2.05) is 30.6 Å². The molecular weight excluding hydrogens is 236 g/mol. The van der Waals surface area contributed by atoms with Crippen molar-refractivity contribution in [1.29, 1.82) is 0 Å². The first-order chi connectivity index (χ1) is 8.26. The Bertz CT molecular complexity index is 304. The lowest BCUT2D eigenvalue weighted by atomic mass is 10.2. The molecule has 6 heteroatoms. The summed E-state index contributed by atoms with van der Waals surface area (Å²) in [7, 11) is 0. The maximum atomic E-state index is 11.6. The van der Waals surface area contributed by atoms with Crippen LogP contribution in [0.15, 0.2) is 0 Å². The molecule has 0 amide bonds. The largest absolute Gasteiger partial charge is 0.480 e. The molecule has 104 valence electrons. The van der Waals surface area contributed by atoms with Gasteiger partial charge in [0.1, 0.15) is 5.60 Å². The number of carboxylic acid groups (broad SMARTS) is 1. The standard InChI is InChI=1S/C12H22N2O4/c1-12(2,3)18-11(17)9-14-6-4-13(5-7-14)8-10(15)16/h4-9H2,1-3H3,(H,15,16). The van der Waals surface area contributed by atoms with Crippen molar-refractivity contribution in [3.05, 3.63) is 0 Å². The van der Waals surface area contributed by atoms with Gasteiger partial charge in [-0.3, -0.25) is 19.4 Å². The van der Waals surface area contributed by atoms with Crippen molar-refractivity contribution in [3.8, 4) is 0 Å². The molecule has 0 aromatic carbocycles. The van der Waals surface area contributed by atoms with E-state index in [4.69, 9.17) is 9.84 Å². The molecule has 1 fully saturated rings. The number of aliphatic carboxylic acids is 1. The summed E-state index contributed by atoms with van der Waals surface area (Å²) >= 11 is 0. The third-order valence-electron chi connectivity index (χ3n) is 2.60. The third-order valence-corrected chi connectivity index (χ3v) is 2.60. The van der Waals surface area contributed by atoms with Gasteiger partial charge in [0.05, 0.1) is 13.1 Å².